The fourth-order valence-corrected chi connectivity index (χ4v) is 3.14. The third-order valence-electron chi connectivity index (χ3n) is 4.16. The first-order chi connectivity index (χ1) is 9.54. The summed E-state index contributed by atoms with van der Waals surface area (Å²) in [6, 6.07) is 5.57. The number of nitrogens with zero attached hydrogens (tertiary/aromatic N) is 1. The van der Waals surface area contributed by atoms with Gasteiger partial charge in [-0.15, -0.1) is 0 Å². The lowest BCUT2D eigenvalue weighted by molar-refractivity contribution is 0.0681. The largest absolute Gasteiger partial charge is 0.339 e. The number of hydrogen-bond donors (Lipinski definition) is 1. The van der Waals surface area contributed by atoms with Gasteiger partial charge in [-0.1, -0.05) is 6.07 Å². The molecule has 0 unspecified atom stereocenters. The zero-order valence-electron chi connectivity index (χ0n) is 11.8. The summed E-state index contributed by atoms with van der Waals surface area (Å²) < 4.78 is 14.3. The van der Waals surface area contributed by atoms with Crippen LogP contribution in [0.15, 0.2) is 22.7 Å². The van der Waals surface area contributed by atoms with Crippen LogP contribution in [-0.4, -0.2) is 37.0 Å². The van der Waals surface area contributed by atoms with E-state index in [9.17, 15) is 9.18 Å². The van der Waals surface area contributed by atoms with Crippen LogP contribution in [0.3, 0.4) is 0 Å². The highest BCUT2D eigenvalue weighted by Gasteiger charge is 2.27. The lowest BCUT2D eigenvalue weighted by Gasteiger charge is -2.34. The van der Waals surface area contributed by atoms with Gasteiger partial charge in [0.15, 0.2) is 0 Å². The second-order valence-corrected chi connectivity index (χ2v) is 6.17. The Hall–Kier alpha value is -0.940. The van der Waals surface area contributed by atoms with E-state index < -0.39 is 5.82 Å². The Kier molecular flexibility index (Phi) is 5.16. The first-order valence-corrected chi connectivity index (χ1v) is 7.72. The van der Waals surface area contributed by atoms with E-state index in [2.05, 4.69) is 21.2 Å². The quantitative estimate of drug-likeness (QED) is 0.914. The molecule has 1 saturated carbocycles. The summed E-state index contributed by atoms with van der Waals surface area (Å²) in [5.74, 6) is -0.718. The maximum absolute atomic E-state index is 14.0. The third-order valence-corrected chi connectivity index (χ3v) is 4.77. The summed E-state index contributed by atoms with van der Waals surface area (Å²) in [5.41, 5.74) is 0.137. The highest BCUT2D eigenvalue weighted by Crippen LogP contribution is 2.25. The molecule has 1 aliphatic carbocycles. The lowest BCUT2D eigenvalue weighted by Crippen LogP contribution is -2.42. The Morgan fingerprint density at radius 3 is 2.60 bits per heavy atom. The van der Waals surface area contributed by atoms with Crippen molar-refractivity contribution >= 4 is 21.8 Å². The lowest BCUT2D eigenvalue weighted by atomic mass is 9.90. The predicted molar refractivity (Wildman–Crippen MR) is 81.3 cm³/mol. The first kappa shape index (κ1) is 15.4. The molecule has 0 atom stereocenters. The molecule has 0 spiro atoms. The number of nitrogens with one attached hydrogen (secondary N) is 1. The zero-order valence-corrected chi connectivity index (χ0v) is 13.4. The predicted octanol–water partition coefficient (Wildman–Crippen LogP) is 3.19. The first-order valence-electron chi connectivity index (χ1n) is 6.93. The highest BCUT2D eigenvalue weighted by molar-refractivity contribution is 9.10. The molecule has 1 aromatic carbocycles. The van der Waals surface area contributed by atoms with Crippen molar-refractivity contribution in [3.8, 4) is 0 Å². The fourth-order valence-electron chi connectivity index (χ4n) is 2.78. The maximum atomic E-state index is 14.0. The summed E-state index contributed by atoms with van der Waals surface area (Å²) in [4.78, 5) is 14.1. The summed E-state index contributed by atoms with van der Waals surface area (Å²) >= 11 is 3.12. The number of hydrogen-bond acceptors (Lipinski definition) is 2. The topological polar surface area (TPSA) is 32.3 Å². The molecule has 1 N–H and O–H groups in total. The molecule has 1 aromatic rings. The molecule has 0 bridgehead atoms. The summed E-state index contributed by atoms with van der Waals surface area (Å²) in [5, 5.41) is 3.27. The van der Waals surface area contributed by atoms with Crippen molar-refractivity contribution < 1.29 is 9.18 Å². The van der Waals surface area contributed by atoms with E-state index in [-0.39, 0.29) is 17.5 Å². The van der Waals surface area contributed by atoms with Crippen LogP contribution in [0.5, 0.6) is 0 Å². The number of benzene rings is 1. The molecule has 1 fully saturated rings. The van der Waals surface area contributed by atoms with Crippen molar-refractivity contribution in [2.75, 3.05) is 14.1 Å². The second kappa shape index (κ2) is 6.68. The fraction of sp³-hybridized carbons (Fsp3) is 0.533. The molecule has 20 heavy (non-hydrogen) atoms. The van der Waals surface area contributed by atoms with Gasteiger partial charge in [-0.05, 0) is 60.8 Å². The van der Waals surface area contributed by atoms with E-state index in [1.807, 2.05) is 7.05 Å². The summed E-state index contributed by atoms with van der Waals surface area (Å²) in [7, 11) is 3.74. The minimum atomic E-state index is -0.478. The molecule has 0 aliphatic heterocycles. The number of carbonyl (C=O) groups excluding carboxylic acids is 1. The Morgan fingerprint density at radius 1 is 1.35 bits per heavy atom. The molecular weight excluding hydrogens is 323 g/mol. The van der Waals surface area contributed by atoms with Crippen LogP contribution in [0.4, 0.5) is 4.39 Å². The normalized spacial score (nSPS) is 22.6. The highest BCUT2D eigenvalue weighted by atomic mass is 79.9. The maximum Gasteiger partial charge on any atom is 0.256 e. The summed E-state index contributed by atoms with van der Waals surface area (Å²) in [6.45, 7) is 0. The second-order valence-electron chi connectivity index (χ2n) is 5.31. The molecule has 0 saturated heterocycles. The van der Waals surface area contributed by atoms with Crippen LogP contribution in [0, 0.1) is 5.82 Å². The van der Waals surface area contributed by atoms with Gasteiger partial charge < -0.3 is 10.2 Å². The standard InChI is InChI=1S/C15H20BrFN2O/c1-18-10-6-8-11(9-7-10)19(2)15(20)12-4-3-5-13(16)14(12)17/h3-5,10-11,18H,6-9H2,1-2H3. The van der Waals surface area contributed by atoms with Crippen LogP contribution in [0.25, 0.3) is 0 Å². The smallest absolute Gasteiger partial charge is 0.256 e. The Balaban J connectivity index is 2.07. The number of rotatable bonds is 3. The van der Waals surface area contributed by atoms with Crippen molar-refractivity contribution in [3.63, 3.8) is 0 Å². The number of halogens is 2. The minimum Gasteiger partial charge on any atom is -0.339 e. The average molecular weight is 343 g/mol. The Morgan fingerprint density at radius 2 is 2.00 bits per heavy atom. The van der Waals surface area contributed by atoms with Crippen molar-refractivity contribution in [2.24, 2.45) is 0 Å². The van der Waals surface area contributed by atoms with Gasteiger partial charge in [-0.2, -0.15) is 0 Å². The van der Waals surface area contributed by atoms with Gasteiger partial charge in [0.05, 0.1) is 10.0 Å². The molecule has 1 aliphatic rings. The number of carbonyl (C=O) groups is 1. The molecule has 1 amide bonds. The van der Waals surface area contributed by atoms with Crippen molar-refractivity contribution in [1.29, 1.82) is 0 Å². The van der Waals surface area contributed by atoms with E-state index in [1.54, 1.807) is 24.1 Å². The average Bonchev–Trinajstić information content (AvgIpc) is 2.48. The van der Waals surface area contributed by atoms with Crippen LogP contribution < -0.4 is 5.32 Å². The summed E-state index contributed by atoms with van der Waals surface area (Å²) in [6.07, 6.45) is 4.03. The molecule has 0 aromatic heterocycles. The van der Waals surface area contributed by atoms with Crippen molar-refractivity contribution in [3.05, 3.63) is 34.1 Å². The van der Waals surface area contributed by atoms with E-state index in [1.165, 1.54) is 6.07 Å². The minimum absolute atomic E-state index is 0.137. The van der Waals surface area contributed by atoms with Crippen LogP contribution in [0.1, 0.15) is 36.0 Å². The van der Waals surface area contributed by atoms with Crippen LogP contribution in [-0.2, 0) is 0 Å². The van der Waals surface area contributed by atoms with Gasteiger partial charge in [-0.3, -0.25) is 4.79 Å². The third kappa shape index (κ3) is 3.20. The van der Waals surface area contributed by atoms with E-state index in [4.69, 9.17) is 0 Å². The molecule has 0 radical (unpaired) electrons. The molecule has 110 valence electrons. The Bertz CT molecular complexity index is 487. The van der Waals surface area contributed by atoms with Gasteiger partial charge in [-0.25, -0.2) is 4.39 Å². The van der Waals surface area contributed by atoms with E-state index in [0.29, 0.717) is 10.5 Å². The molecule has 0 heterocycles. The van der Waals surface area contributed by atoms with E-state index in [0.717, 1.165) is 25.7 Å². The zero-order chi connectivity index (χ0) is 14.7. The van der Waals surface area contributed by atoms with Crippen molar-refractivity contribution in [2.45, 2.75) is 37.8 Å². The van der Waals surface area contributed by atoms with Crippen LogP contribution in [0.2, 0.25) is 0 Å². The Labute approximate surface area is 127 Å². The molecule has 3 nitrogen and oxygen atoms in total. The van der Waals surface area contributed by atoms with Gasteiger partial charge in [0, 0.05) is 19.1 Å². The van der Waals surface area contributed by atoms with E-state index >= 15 is 0 Å². The molecule has 5 heteroatoms. The van der Waals surface area contributed by atoms with Gasteiger partial charge in [0.1, 0.15) is 5.82 Å². The van der Waals surface area contributed by atoms with Gasteiger partial charge in [0.25, 0.3) is 5.91 Å². The van der Waals surface area contributed by atoms with Gasteiger partial charge >= 0.3 is 0 Å². The molecular formula is C15H20BrFN2O. The van der Waals surface area contributed by atoms with Crippen molar-refractivity contribution in [1.82, 2.24) is 10.2 Å². The number of amides is 1. The van der Waals surface area contributed by atoms with Crippen LogP contribution >= 0.6 is 15.9 Å². The molecule has 2 rings (SSSR count). The van der Waals surface area contributed by atoms with Gasteiger partial charge in [0.2, 0.25) is 0 Å². The SMILES string of the molecule is CNC1CCC(N(C)C(=O)c2cccc(Br)c2F)CC1. The monoisotopic (exact) mass is 342 g/mol.